The molecule has 1 aromatic heterocycles. The van der Waals surface area contributed by atoms with Crippen LogP contribution in [-0.2, 0) is 0 Å². The number of rotatable bonds is 5. The van der Waals surface area contributed by atoms with Crippen LogP contribution in [0, 0.1) is 0 Å². The highest BCUT2D eigenvalue weighted by atomic mass is 15.2. The summed E-state index contributed by atoms with van der Waals surface area (Å²) >= 11 is 0. The molecule has 0 saturated heterocycles. The number of hydrogen-bond donors (Lipinski definition) is 2. The van der Waals surface area contributed by atoms with E-state index in [9.17, 15) is 0 Å². The second-order valence-electron chi connectivity index (χ2n) is 11.8. The van der Waals surface area contributed by atoms with Crippen molar-refractivity contribution in [3.63, 3.8) is 0 Å². The Balaban J connectivity index is 1.50. The van der Waals surface area contributed by atoms with Crippen molar-refractivity contribution in [3.05, 3.63) is 5.82 Å². The molecule has 2 N–H and O–H groups in total. The molecule has 0 bridgehead atoms. The third-order valence-electron chi connectivity index (χ3n) is 8.75. The van der Waals surface area contributed by atoms with Crippen molar-refractivity contribution in [2.24, 2.45) is 0 Å². The Labute approximate surface area is 215 Å². The Hall–Kier alpha value is -1.39. The van der Waals surface area contributed by atoms with Gasteiger partial charge in [-0.2, -0.15) is 15.0 Å². The standard InChI is InChI=1S/C30H53N5/c1-2-9-15-21-26(22-16-10-3-1)31-29-33-28(25-19-13-7-6-8-14-20-25)34-30(35-29)32-27-23-17-11-4-5-12-18-24-27/h25-27H,1-24H2,(H2,31,32,33,34,35). The molecule has 1 heterocycles. The Morgan fingerprint density at radius 3 is 1.06 bits per heavy atom. The number of nitrogens with one attached hydrogen (secondary N) is 2. The van der Waals surface area contributed by atoms with Crippen molar-refractivity contribution in [1.82, 2.24) is 15.0 Å². The van der Waals surface area contributed by atoms with Crippen molar-refractivity contribution < 1.29 is 0 Å². The lowest BCUT2D eigenvalue weighted by molar-refractivity contribution is 0.441. The minimum Gasteiger partial charge on any atom is -0.351 e. The zero-order chi connectivity index (χ0) is 24.0. The fourth-order valence-electron chi connectivity index (χ4n) is 6.51. The first-order chi connectivity index (χ1) is 17.4. The lowest BCUT2D eigenvalue weighted by Crippen LogP contribution is -2.25. The molecule has 3 saturated carbocycles. The highest BCUT2D eigenvalue weighted by molar-refractivity contribution is 5.36. The van der Waals surface area contributed by atoms with E-state index >= 15 is 0 Å². The Morgan fingerprint density at radius 2 is 0.686 bits per heavy atom. The monoisotopic (exact) mass is 483 g/mol. The van der Waals surface area contributed by atoms with E-state index in [4.69, 9.17) is 15.0 Å². The van der Waals surface area contributed by atoms with E-state index < -0.39 is 0 Å². The van der Waals surface area contributed by atoms with E-state index in [-0.39, 0.29) is 0 Å². The Morgan fingerprint density at radius 1 is 0.371 bits per heavy atom. The van der Waals surface area contributed by atoms with Crippen LogP contribution in [0.1, 0.15) is 166 Å². The molecule has 4 rings (SSSR count). The van der Waals surface area contributed by atoms with Crippen molar-refractivity contribution in [3.8, 4) is 0 Å². The smallest absolute Gasteiger partial charge is 0.227 e. The van der Waals surface area contributed by atoms with Crippen molar-refractivity contribution in [2.75, 3.05) is 10.6 Å². The number of anilines is 2. The summed E-state index contributed by atoms with van der Waals surface area (Å²) in [6, 6.07) is 1.00. The summed E-state index contributed by atoms with van der Waals surface area (Å²) in [5, 5.41) is 7.61. The second kappa shape index (κ2) is 15.7. The van der Waals surface area contributed by atoms with Crippen LogP contribution in [0.3, 0.4) is 0 Å². The first-order valence-corrected chi connectivity index (χ1v) is 15.7. The van der Waals surface area contributed by atoms with Crippen LogP contribution in [0.4, 0.5) is 11.9 Å². The maximum atomic E-state index is 5.09. The molecule has 0 aromatic carbocycles. The zero-order valence-corrected chi connectivity index (χ0v) is 22.5. The van der Waals surface area contributed by atoms with Gasteiger partial charge in [0.15, 0.2) is 0 Å². The van der Waals surface area contributed by atoms with Gasteiger partial charge in [0.05, 0.1) is 0 Å². The van der Waals surface area contributed by atoms with Gasteiger partial charge >= 0.3 is 0 Å². The van der Waals surface area contributed by atoms with Gasteiger partial charge in [-0.15, -0.1) is 0 Å². The highest BCUT2D eigenvalue weighted by Crippen LogP contribution is 2.30. The average Bonchev–Trinajstić information content (AvgIpc) is 2.97. The van der Waals surface area contributed by atoms with Crippen LogP contribution in [0.2, 0.25) is 0 Å². The van der Waals surface area contributed by atoms with Gasteiger partial charge in [-0.1, -0.05) is 116 Å². The highest BCUT2D eigenvalue weighted by Gasteiger charge is 2.21. The molecule has 198 valence electrons. The molecule has 1 aromatic rings. The first kappa shape index (κ1) is 26.7. The molecule has 0 atom stereocenters. The summed E-state index contributed by atoms with van der Waals surface area (Å²) in [5.41, 5.74) is 0. The fraction of sp³-hybridized carbons (Fsp3) is 0.900. The molecule has 0 unspecified atom stereocenters. The molecule has 5 heteroatoms. The third kappa shape index (κ3) is 9.88. The quantitative estimate of drug-likeness (QED) is 0.437. The van der Waals surface area contributed by atoms with E-state index in [1.54, 1.807) is 0 Å². The molecule has 0 amide bonds. The number of aromatic nitrogens is 3. The predicted octanol–water partition coefficient (Wildman–Crippen LogP) is 8.92. The van der Waals surface area contributed by atoms with E-state index in [1.807, 2.05) is 0 Å². The maximum Gasteiger partial charge on any atom is 0.227 e. The molecular weight excluding hydrogens is 430 g/mol. The van der Waals surface area contributed by atoms with Crippen LogP contribution < -0.4 is 10.6 Å². The molecule has 0 aliphatic heterocycles. The molecule has 3 aliphatic rings. The van der Waals surface area contributed by atoms with E-state index in [0.29, 0.717) is 18.0 Å². The third-order valence-corrected chi connectivity index (χ3v) is 8.75. The SMILES string of the molecule is C1CCCCC(Nc2nc(NC3CCCCCCCC3)nc(C3CCCCCCC3)n2)CCCC1. The van der Waals surface area contributed by atoms with Gasteiger partial charge < -0.3 is 10.6 Å². The van der Waals surface area contributed by atoms with Gasteiger partial charge in [-0.05, 0) is 38.5 Å². The zero-order valence-electron chi connectivity index (χ0n) is 22.5. The second-order valence-corrected chi connectivity index (χ2v) is 11.8. The lowest BCUT2D eigenvalue weighted by atomic mass is 9.90. The molecule has 5 nitrogen and oxygen atoms in total. The Bertz CT molecular complexity index is 680. The van der Waals surface area contributed by atoms with E-state index in [2.05, 4.69) is 10.6 Å². The van der Waals surface area contributed by atoms with Crippen molar-refractivity contribution >= 4 is 11.9 Å². The van der Waals surface area contributed by atoms with Crippen LogP contribution in [0.25, 0.3) is 0 Å². The topological polar surface area (TPSA) is 62.7 Å². The normalized spacial score (nSPS) is 23.8. The predicted molar refractivity (Wildman–Crippen MR) is 148 cm³/mol. The van der Waals surface area contributed by atoms with Gasteiger partial charge in [0.1, 0.15) is 5.82 Å². The summed E-state index contributed by atoms with van der Waals surface area (Å²) in [6.45, 7) is 0. The van der Waals surface area contributed by atoms with Gasteiger partial charge in [0, 0.05) is 18.0 Å². The van der Waals surface area contributed by atoms with Gasteiger partial charge in [-0.25, -0.2) is 0 Å². The summed E-state index contributed by atoms with van der Waals surface area (Å²) in [6.07, 6.45) is 32.0. The van der Waals surface area contributed by atoms with Crippen LogP contribution in [-0.4, -0.2) is 27.0 Å². The van der Waals surface area contributed by atoms with Crippen molar-refractivity contribution in [1.29, 1.82) is 0 Å². The molecule has 3 aliphatic carbocycles. The molecule has 0 radical (unpaired) electrons. The van der Waals surface area contributed by atoms with Crippen LogP contribution in [0.5, 0.6) is 0 Å². The molecule has 0 spiro atoms. The van der Waals surface area contributed by atoms with Crippen molar-refractivity contribution in [2.45, 2.75) is 172 Å². The molecule has 35 heavy (non-hydrogen) atoms. The summed E-state index contributed by atoms with van der Waals surface area (Å²) in [4.78, 5) is 15.2. The maximum absolute atomic E-state index is 5.09. The number of hydrogen-bond acceptors (Lipinski definition) is 5. The largest absolute Gasteiger partial charge is 0.351 e. The van der Waals surface area contributed by atoms with Gasteiger partial charge in [-0.3, -0.25) is 0 Å². The average molecular weight is 484 g/mol. The minimum atomic E-state index is 0.490. The van der Waals surface area contributed by atoms with E-state index in [0.717, 1.165) is 17.7 Å². The van der Waals surface area contributed by atoms with Crippen LogP contribution in [0.15, 0.2) is 0 Å². The van der Waals surface area contributed by atoms with Gasteiger partial charge in [0.2, 0.25) is 11.9 Å². The minimum absolute atomic E-state index is 0.490. The summed E-state index contributed by atoms with van der Waals surface area (Å²) in [5.74, 6) is 3.21. The van der Waals surface area contributed by atoms with E-state index in [1.165, 1.54) is 154 Å². The van der Waals surface area contributed by atoms with Crippen LogP contribution >= 0.6 is 0 Å². The molecule has 3 fully saturated rings. The lowest BCUT2D eigenvalue weighted by Gasteiger charge is -2.24. The number of nitrogens with zero attached hydrogens (tertiary/aromatic N) is 3. The molecular formula is C30H53N5. The summed E-state index contributed by atoms with van der Waals surface area (Å²) in [7, 11) is 0. The fourth-order valence-corrected chi connectivity index (χ4v) is 6.51. The van der Waals surface area contributed by atoms with Gasteiger partial charge in [0.25, 0.3) is 0 Å². The Kier molecular flexibility index (Phi) is 11.9. The first-order valence-electron chi connectivity index (χ1n) is 15.7. The summed E-state index contributed by atoms with van der Waals surface area (Å²) < 4.78 is 0.